The van der Waals surface area contributed by atoms with Gasteiger partial charge in [0.15, 0.2) is 5.82 Å². The summed E-state index contributed by atoms with van der Waals surface area (Å²) in [6.07, 6.45) is 3.42. The van der Waals surface area contributed by atoms with Crippen LogP contribution in [0.1, 0.15) is 23.7 Å². The molecule has 0 saturated heterocycles. The molecule has 2 aromatic heterocycles. The van der Waals surface area contributed by atoms with E-state index in [2.05, 4.69) is 20.7 Å². The van der Waals surface area contributed by atoms with Gasteiger partial charge in [-0.15, -0.1) is 0 Å². The quantitative estimate of drug-likeness (QED) is 0.571. The lowest BCUT2D eigenvalue weighted by Gasteiger charge is -2.07. The molecule has 2 N–H and O–H groups in total. The zero-order valence-electron chi connectivity index (χ0n) is 16.2. The Labute approximate surface area is 168 Å². The molecule has 8 nitrogen and oxygen atoms in total. The standard InChI is InChI=1S/C21H23N5O3/c1-2-29-15-17-8-6-16(7-9-17)13-23-20(27)21(28)24-19-10-12-26(25-19)14-18-5-3-4-11-22-18/h3-12H,2,13-15H2,1H3,(H,23,27)(H,24,25,28). The van der Waals surface area contributed by atoms with Gasteiger partial charge >= 0.3 is 11.8 Å². The molecule has 0 atom stereocenters. The lowest BCUT2D eigenvalue weighted by atomic mass is 10.1. The predicted molar refractivity (Wildman–Crippen MR) is 108 cm³/mol. The van der Waals surface area contributed by atoms with Crippen molar-refractivity contribution in [1.82, 2.24) is 20.1 Å². The van der Waals surface area contributed by atoms with Crippen LogP contribution in [0.25, 0.3) is 0 Å². The highest BCUT2D eigenvalue weighted by molar-refractivity contribution is 6.39. The van der Waals surface area contributed by atoms with Crippen molar-refractivity contribution in [1.29, 1.82) is 0 Å². The normalized spacial score (nSPS) is 10.5. The van der Waals surface area contributed by atoms with Gasteiger partial charge in [-0.2, -0.15) is 5.10 Å². The number of aromatic nitrogens is 3. The molecule has 1 aromatic carbocycles. The topological polar surface area (TPSA) is 98.1 Å². The van der Waals surface area contributed by atoms with Crippen LogP contribution in [0.2, 0.25) is 0 Å². The van der Waals surface area contributed by atoms with Gasteiger partial charge in [-0.05, 0) is 30.2 Å². The van der Waals surface area contributed by atoms with Crippen LogP contribution >= 0.6 is 0 Å². The summed E-state index contributed by atoms with van der Waals surface area (Å²) >= 11 is 0. The summed E-state index contributed by atoms with van der Waals surface area (Å²) in [6, 6.07) is 14.9. The van der Waals surface area contributed by atoms with Crippen LogP contribution in [0.15, 0.2) is 60.9 Å². The van der Waals surface area contributed by atoms with E-state index in [4.69, 9.17) is 4.74 Å². The number of ether oxygens (including phenoxy) is 1. The number of benzene rings is 1. The van der Waals surface area contributed by atoms with Crippen LogP contribution < -0.4 is 10.6 Å². The third-order valence-electron chi connectivity index (χ3n) is 4.09. The van der Waals surface area contributed by atoms with Crippen LogP contribution in [0.3, 0.4) is 0 Å². The molecule has 3 rings (SSSR count). The minimum atomic E-state index is -0.763. The molecule has 0 radical (unpaired) electrons. The molecule has 3 aromatic rings. The maximum absolute atomic E-state index is 12.1. The Morgan fingerprint density at radius 1 is 1.03 bits per heavy atom. The Balaban J connectivity index is 1.46. The van der Waals surface area contributed by atoms with Gasteiger partial charge in [0.1, 0.15) is 0 Å². The van der Waals surface area contributed by atoms with E-state index in [0.717, 1.165) is 16.8 Å². The fraction of sp³-hybridized carbons (Fsp3) is 0.238. The molecule has 0 aliphatic carbocycles. The van der Waals surface area contributed by atoms with Crippen molar-refractivity contribution in [2.24, 2.45) is 0 Å². The molecule has 0 aliphatic rings. The Kier molecular flexibility index (Phi) is 7.07. The summed E-state index contributed by atoms with van der Waals surface area (Å²) < 4.78 is 6.99. The molecule has 2 amide bonds. The Hall–Kier alpha value is -3.52. The number of nitrogens with zero attached hydrogens (tertiary/aromatic N) is 3. The van der Waals surface area contributed by atoms with Gasteiger partial charge in [-0.3, -0.25) is 19.3 Å². The molecule has 8 heteroatoms. The Morgan fingerprint density at radius 2 is 1.83 bits per heavy atom. The van der Waals surface area contributed by atoms with Gasteiger partial charge in [0, 0.05) is 31.6 Å². The molecule has 0 bridgehead atoms. The monoisotopic (exact) mass is 393 g/mol. The zero-order valence-corrected chi connectivity index (χ0v) is 16.2. The molecule has 0 unspecified atom stereocenters. The van der Waals surface area contributed by atoms with Gasteiger partial charge < -0.3 is 15.4 Å². The van der Waals surface area contributed by atoms with Crippen LogP contribution in [0, 0.1) is 0 Å². The predicted octanol–water partition coefficient (Wildman–Crippen LogP) is 2.12. The highest BCUT2D eigenvalue weighted by Crippen LogP contribution is 2.07. The Morgan fingerprint density at radius 3 is 2.55 bits per heavy atom. The first-order chi connectivity index (χ1) is 14.1. The summed E-state index contributed by atoms with van der Waals surface area (Å²) in [5.74, 6) is -1.18. The minimum absolute atomic E-state index is 0.259. The van der Waals surface area contributed by atoms with Crippen molar-refractivity contribution in [3.05, 3.63) is 77.7 Å². The van der Waals surface area contributed by atoms with Gasteiger partial charge in [0.05, 0.1) is 18.8 Å². The number of anilines is 1. The summed E-state index contributed by atoms with van der Waals surface area (Å²) in [4.78, 5) is 28.3. The van der Waals surface area contributed by atoms with Crippen molar-refractivity contribution in [2.75, 3.05) is 11.9 Å². The van der Waals surface area contributed by atoms with E-state index in [-0.39, 0.29) is 6.54 Å². The second kappa shape index (κ2) is 10.1. The van der Waals surface area contributed by atoms with Crippen molar-refractivity contribution in [3.63, 3.8) is 0 Å². The molecular weight excluding hydrogens is 370 g/mol. The van der Waals surface area contributed by atoms with Crippen molar-refractivity contribution in [3.8, 4) is 0 Å². The molecule has 0 spiro atoms. The molecule has 150 valence electrons. The lowest BCUT2D eigenvalue weighted by Crippen LogP contribution is -2.35. The van der Waals surface area contributed by atoms with Gasteiger partial charge in [0.2, 0.25) is 0 Å². The van der Waals surface area contributed by atoms with Gasteiger partial charge in [-0.25, -0.2) is 0 Å². The van der Waals surface area contributed by atoms with E-state index >= 15 is 0 Å². The van der Waals surface area contributed by atoms with E-state index in [9.17, 15) is 9.59 Å². The minimum Gasteiger partial charge on any atom is -0.377 e. The van der Waals surface area contributed by atoms with E-state index in [1.165, 1.54) is 0 Å². The second-order valence-electron chi connectivity index (χ2n) is 6.31. The second-order valence-corrected chi connectivity index (χ2v) is 6.31. The van der Waals surface area contributed by atoms with E-state index in [0.29, 0.717) is 25.6 Å². The third kappa shape index (κ3) is 6.25. The summed E-state index contributed by atoms with van der Waals surface area (Å²) in [5, 5.41) is 9.33. The molecule has 0 aliphatic heterocycles. The highest BCUT2D eigenvalue weighted by Gasteiger charge is 2.14. The third-order valence-corrected chi connectivity index (χ3v) is 4.09. The largest absolute Gasteiger partial charge is 0.377 e. The molecule has 29 heavy (non-hydrogen) atoms. The van der Waals surface area contributed by atoms with Gasteiger partial charge in [0.25, 0.3) is 0 Å². The Bertz CT molecular complexity index is 938. The fourth-order valence-corrected chi connectivity index (χ4v) is 2.58. The summed E-state index contributed by atoms with van der Waals surface area (Å²) in [5.41, 5.74) is 2.80. The number of carbonyl (C=O) groups is 2. The van der Waals surface area contributed by atoms with Crippen LogP contribution in [-0.4, -0.2) is 33.2 Å². The molecule has 0 saturated carbocycles. The average Bonchev–Trinajstić information content (AvgIpc) is 3.18. The first-order valence-electron chi connectivity index (χ1n) is 9.32. The van der Waals surface area contributed by atoms with Crippen molar-refractivity contribution < 1.29 is 14.3 Å². The van der Waals surface area contributed by atoms with E-state index < -0.39 is 11.8 Å². The SMILES string of the molecule is CCOCc1ccc(CNC(=O)C(=O)Nc2ccn(Cc3ccccn3)n2)cc1. The zero-order chi connectivity index (χ0) is 20.5. The van der Waals surface area contributed by atoms with Crippen LogP contribution in [-0.2, 0) is 34.0 Å². The van der Waals surface area contributed by atoms with Crippen LogP contribution in [0.4, 0.5) is 5.82 Å². The summed E-state index contributed by atoms with van der Waals surface area (Å²) in [7, 11) is 0. The molecular formula is C21H23N5O3. The number of nitrogens with one attached hydrogen (secondary N) is 2. The summed E-state index contributed by atoms with van der Waals surface area (Å²) in [6.45, 7) is 3.89. The van der Waals surface area contributed by atoms with E-state index in [1.807, 2.05) is 49.4 Å². The number of amides is 2. The average molecular weight is 393 g/mol. The van der Waals surface area contributed by atoms with Crippen LogP contribution in [0.5, 0.6) is 0 Å². The number of hydrogen-bond acceptors (Lipinski definition) is 5. The highest BCUT2D eigenvalue weighted by atomic mass is 16.5. The number of carbonyl (C=O) groups excluding carboxylic acids is 2. The maximum atomic E-state index is 12.1. The van der Waals surface area contributed by atoms with Crippen molar-refractivity contribution in [2.45, 2.75) is 26.6 Å². The van der Waals surface area contributed by atoms with E-state index in [1.54, 1.807) is 23.1 Å². The maximum Gasteiger partial charge on any atom is 0.314 e. The first kappa shape index (κ1) is 20.2. The number of hydrogen-bond donors (Lipinski definition) is 2. The number of rotatable bonds is 8. The fourth-order valence-electron chi connectivity index (χ4n) is 2.58. The first-order valence-corrected chi connectivity index (χ1v) is 9.32. The molecule has 2 heterocycles. The van der Waals surface area contributed by atoms with Crippen molar-refractivity contribution >= 4 is 17.6 Å². The number of pyridine rings is 1. The lowest BCUT2D eigenvalue weighted by molar-refractivity contribution is -0.136. The van der Waals surface area contributed by atoms with Gasteiger partial charge in [-0.1, -0.05) is 30.3 Å². The smallest absolute Gasteiger partial charge is 0.314 e. The molecule has 0 fully saturated rings.